The van der Waals surface area contributed by atoms with Gasteiger partial charge in [0.05, 0.1) is 6.54 Å². The third-order valence-electron chi connectivity index (χ3n) is 4.76. The van der Waals surface area contributed by atoms with Gasteiger partial charge >= 0.3 is 0 Å². The monoisotopic (exact) mass is 388 g/mol. The van der Waals surface area contributed by atoms with E-state index in [0.29, 0.717) is 19.8 Å². The second-order valence-electron chi connectivity index (χ2n) is 7.11. The van der Waals surface area contributed by atoms with Gasteiger partial charge in [-0.25, -0.2) is 0 Å². The molecule has 0 saturated carbocycles. The third-order valence-corrected chi connectivity index (χ3v) is 4.76. The highest BCUT2D eigenvalue weighted by Gasteiger charge is 2.14. The van der Waals surface area contributed by atoms with Crippen LogP contribution in [0.1, 0.15) is 5.56 Å². The molecular formula is C24H24N2O3. The van der Waals surface area contributed by atoms with Gasteiger partial charge in [-0.15, -0.1) is 0 Å². The van der Waals surface area contributed by atoms with Gasteiger partial charge in [0, 0.05) is 17.8 Å². The van der Waals surface area contributed by atoms with E-state index in [1.54, 1.807) is 0 Å². The van der Waals surface area contributed by atoms with Crippen LogP contribution in [0.4, 0.5) is 5.69 Å². The molecule has 0 aliphatic carbocycles. The van der Waals surface area contributed by atoms with Gasteiger partial charge in [-0.05, 0) is 36.4 Å². The topological polar surface area (TPSA) is 50.8 Å². The van der Waals surface area contributed by atoms with Gasteiger partial charge in [-0.1, -0.05) is 54.6 Å². The molecule has 0 saturated heterocycles. The van der Waals surface area contributed by atoms with E-state index >= 15 is 0 Å². The summed E-state index contributed by atoms with van der Waals surface area (Å²) >= 11 is 0. The molecule has 4 rings (SSSR count). The summed E-state index contributed by atoms with van der Waals surface area (Å²) < 4.78 is 11.2. The average molecular weight is 388 g/mol. The van der Waals surface area contributed by atoms with E-state index in [4.69, 9.17) is 9.47 Å². The Morgan fingerprint density at radius 1 is 0.931 bits per heavy atom. The van der Waals surface area contributed by atoms with Gasteiger partial charge in [0.2, 0.25) is 5.91 Å². The molecule has 5 nitrogen and oxygen atoms in total. The molecule has 29 heavy (non-hydrogen) atoms. The number of anilines is 1. The van der Waals surface area contributed by atoms with Crippen LogP contribution in [0, 0.1) is 0 Å². The average Bonchev–Trinajstić information content (AvgIpc) is 2.74. The standard InChI is InChI=1S/C24H24N2O3/c1-26(16-18-11-12-22-23(15-18)29-14-13-28-22)17-24(27)25-21-10-6-5-9-20(21)19-7-3-2-4-8-19/h2-12,15H,13-14,16-17H2,1H3,(H,25,27). The summed E-state index contributed by atoms with van der Waals surface area (Å²) in [4.78, 5) is 14.6. The van der Waals surface area contributed by atoms with Crippen molar-refractivity contribution in [3.63, 3.8) is 0 Å². The molecule has 0 fully saturated rings. The molecule has 3 aromatic carbocycles. The molecule has 1 heterocycles. The van der Waals surface area contributed by atoms with Crippen molar-refractivity contribution in [2.75, 3.05) is 32.1 Å². The van der Waals surface area contributed by atoms with Gasteiger partial charge < -0.3 is 14.8 Å². The summed E-state index contributed by atoms with van der Waals surface area (Å²) in [5, 5.41) is 3.05. The molecule has 1 amide bonds. The van der Waals surface area contributed by atoms with Crippen LogP contribution in [-0.4, -0.2) is 37.6 Å². The lowest BCUT2D eigenvalue weighted by atomic mass is 10.0. The third kappa shape index (κ3) is 4.76. The number of rotatable bonds is 6. The van der Waals surface area contributed by atoms with E-state index in [1.165, 1.54) is 0 Å². The predicted octanol–water partition coefficient (Wildman–Crippen LogP) is 4.20. The highest BCUT2D eigenvalue weighted by molar-refractivity contribution is 5.96. The molecule has 0 atom stereocenters. The van der Waals surface area contributed by atoms with Crippen LogP contribution >= 0.6 is 0 Å². The number of carbonyl (C=O) groups excluding carboxylic acids is 1. The van der Waals surface area contributed by atoms with Crippen molar-refractivity contribution in [3.05, 3.63) is 78.4 Å². The Balaban J connectivity index is 1.39. The first kappa shape index (κ1) is 19.0. The SMILES string of the molecule is CN(CC(=O)Nc1ccccc1-c1ccccc1)Cc1ccc2c(c1)OCCO2. The smallest absolute Gasteiger partial charge is 0.238 e. The van der Waals surface area contributed by atoms with Crippen LogP contribution in [0.15, 0.2) is 72.8 Å². The van der Waals surface area contributed by atoms with Crippen molar-refractivity contribution in [2.24, 2.45) is 0 Å². The molecule has 1 aliphatic heterocycles. The Bertz CT molecular complexity index is 988. The normalized spacial score (nSPS) is 12.6. The first-order chi connectivity index (χ1) is 14.2. The molecule has 0 aromatic heterocycles. The molecule has 148 valence electrons. The van der Waals surface area contributed by atoms with E-state index in [9.17, 15) is 4.79 Å². The molecule has 1 aliphatic rings. The van der Waals surface area contributed by atoms with E-state index in [0.717, 1.165) is 33.9 Å². The molecule has 3 aromatic rings. The van der Waals surface area contributed by atoms with Crippen LogP contribution in [0.25, 0.3) is 11.1 Å². The fraction of sp³-hybridized carbons (Fsp3) is 0.208. The number of amides is 1. The van der Waals surface area contributed by atoms with E-state index in [1.807, 2.05) is 84.7 Å². The number of likely N-dealkylation sites (N-methyl/N-ethyl adjacent to an activating group) is 1. The van der Waals surface area contributed by atoms with Crippen LogP contribution in [0.5, 0.6) is 11.5 Å². The van der Waals surface area contributed by atoms with Crippen molar-refractivity contribution in [3.8, 4) is 22.6 Å². The van der Waals surface area contributed by atoms with E-state index in [-0.39, 0.29) is 12.5 Å². The largest absolute Gasteiger partial charge is 0.486 e. The molecule has 0 spiro atoms. The quantitative estimate of drug-likeness (QED) is 0.688. The summed E-state index contributed by atoms with van der Waals surface area (Å²) in [5.41, 5.74) is 3.98. The minimum absolute atomic E-state index is 0.0478. The second kappa shape index (κ2) is 8.80. The summed E-state index contributed by atoms with van der Waals surface area (Å²) in [6, 6.07) is 23.8. The summed E-state index contributed by atoms with van der Waals surface area (Å²) in [6.45, 7) is 2.08. The zero-order valence-corrected chi connectivity index (χ0v) is 16.4. The first-order valence-corrected chi connectivity index (χ1v) is 9.70. The zero-order chi connectivity index (χ0) is 20.1. The van der Waals surface area contributed by atoms with Crippen LogP contribution in [0.3, 0.4) is 0 Å². The van der Waals surface area contributed by atoms with Crippen molar-refractivity contribution in [1.29, 1.82) is 0 Å². The maximum Gasteiger partial charge on any atom is 0.238 e. The Morgan fingerprint density at radius 3 is 2.48 bits per heavy atom. The number of fused-ring (bicyclic) bond motifs is 1. The zero-order valence-electron chi connectivity index (χ0n) is 16.4. The lowest BCUT2D eigenvalue weighted by Crippen LogP contribution is -2.30. The fourth-order valence-electron chi connectivity index (χ4n) is 3.45. The summed E-state index contributed by atoms with van der Waals surface area (Å²) in [6.07, 6.45) is 0. The number of nitrogens with zero attached hydrogens (tertiary/aromatic N) is 1. The Kier molecular flexibility index (Phi) is 5.77. The van der Waals surface area contributed by atoms with Crippen LogP contribution < -0.4 is 14.8 Å². The predicted molar refractivity (Wildman–Crippen MR) is 114 cm³/mol. The number of ether oxygens (including phenoxy) is 2. The summed E-state index contributed by atoms with van der Waals surface area (Å²) in [5.74, 6) is 1.50. The number of nitrogens with one attached hydrogen (secondary N) is 1. The maximum absolute atomic E-state index is 12.6. The van der Waals surface area contributed by atoms with Crippen molar-refractivity contribution in [2.45, 2.75) is 6.54 Å². The first-order valence-electron chi connectivity index (χ1n) is 9.70. The second-order valence-corrected chi connectivity index (χ2v) is 7.11. The molecule has 0 radical (unpaired) electrons. The molecule has 1 N–H and O–H groups in total. The van der Waals surface area contributed by atoms with Crippen molar-refractivity contribution >= 4 is 11.6 Å². The molecular weight excluding hydrogens is 364 g/mol. The van der Waals surface area contributed by atoms with Crippen LogP contribution in [0.2, 0.25) is 0 Å². The number of benzene rings is 3. The van der Waals surface area contributed by atoms with Crippen molar-refractivity contribution < 1.29 is 14.3 Å². The van der Waals surface area contributed by atoms with Gasteiger partial charge in [0.25, 0.3) is 0 Å². The van der Waals surface area contributed by atoms with Gasteiger partial charge in [0.15, 0.2) is 11.5 Å². The Hall–Kier alpha value is -3.31. The maximum atomic E-state index is 12.6. The Morgan fingerprint density at radius 2 is 1.66 bits per heavy atom. The number of para-hydroxylation sites is 1. The van der Waals surface area contributed by atoms with Crippen molar-refractivity contribution in [1.82, 2.24) is 4.90 Å². The van der Waals surface area contributed by atoms with E-state index in [2.05, 4.69) is 5.32 Å². The number of hydrogen-bond acceptors (Lipinski definition) is 4. The van der Waals surface area contributed by atoms with Gasteiger partial charge in [0.1, 0.15) is 13.2 Å². The highest BCUT2D eigenvalue weighted by atomic mass is 16.6. The Labute approximate surface area is 170 Å². The van der Waals surface area contributed by atoms with Gasteiger partial charge in [-0.3, -0.25) is 9.69 Å². The lowest BCUT2D eigenvalue weighted by molar-refractivity contribution is -0.117. The molecule has 0 unspecified atom stereocenters. The fourth-order valence-corrected chi connectivity index (χ4v) is 3.45. The minimum Gasteiger partial charge on any atom is -0.486 e. The number of carbonyl (C=O) groups is 1. The van der Waals surface area contributed by atoms with E-state index < -0.39 is 0 Å². The molecule has 0 bridgehead atoms. The number of hydrogen-bond donors (Lipinski definition) is 1. The highest BCUT2D eigenvalue weighted by Crippen LogP contribution is 2.31. The van der Waals surface area contributed by atoms with Gasteiger partial charge in [-0.2, -0.15) is 0 Å². The minimum atomic E-state index is -0.0478. The van der Waals surface area contributed by atoms with Crippen LogP contribution in [-0.2, 0) is 11.3 Å². The molecule has 5 heteroatoms. The summed E-state index contributed by atoms with van der Waals surface area (Å²) in [7, 11) is 1.93. The lowest BCUT2D eigenvalue weighted by Gasteiger charge is -2.21.